The molecular formula is C24H40N2O2. The number of hydrogen-bond acceptors (Lipinski definition) is 4. The van der Waals surface area contributed by atoms with Gasteiger partial charge in [-0.2, -0.15) is 0 Å². The van der Waals surface area contributed by atoms with E-state index in [9.17, 15) is 5.11 Å². The van der Waals surface area contributed by atoms with Crippen LogP contribution in [0.1, 0.15) is 72.6 Å². The van der Waals surface area contributed by atoms with Crippen LogP contribution in [0.4, 0.5) is 0 Å². The highest BCUT2D eigenvalue weighted by molar-refractivity contribution is 5.93. The third-order valence-electron chi connectivity index (χ3n) is 9.31. The molecule has 0 aliphatic heterocycles. The molecule has 4 nitrogen and oxygen atoms in total. The third kappa shape index (κ3) is 2.89. The molecule has 0 bridgehead atoms. The normalized spacial score (nSPS) is 45.8. The standard InChI is InChI=1S/C24H40N2O2/c1-22(2)19-8-6-16-17-7-9-21(27)24(17,4)12-10-18(16)23(19,3)13-11-20(22)26-28-15-14-25-5/h8,16-18,21,25,27H,6-7,9-15H2,1-5H3/b26-20-/t16-,17-,18-,21-,23+,24-/m0/s1. The maximum Gasteiger partial charge on any atom is 0.129 e. The van der Waals surface area contributed by atoms with Crippen molar-refractivity contribution < 1.29 is 9.94 Å². The molecule has 6 atom stereocenters. The van der Waals surface area contributed by atoms with Gasteiger partial charge in [0.1, 0.15) is 6.61 Å². The van der Waals surface area contributed by atoms with E-state index < -0.39 is 0 Å². The molecule has 0 radical (unpaired) electrons. The zero-order valence-corrected chi connectivity index (χ0v) is 18.6. The second-order valence-corrected chi connectivity index (χ2v) is 10.9. The van der Waals surface area contributed by atoms with E-state index in [1.54, 1.807) is 5.57 Å². The molecule has 4 aliphatic carbocycles. The lowest BCUT2D eigenvalue weighted by atomic mass is 9.45. The summed E-state index contributed by atoms with van der Waals surface area (Å²) in [7, 11) is 1.94. The number of aliphatic hydroxyl groups excluding tert-OH is 1. The second kappa shape index (κ2) is 7.12. The Bertz CT molecular complexity index is 670. The minimum Gasteiger partial charge on any atom is -0.394 e. The highest BCUT2D eigenvalue weighted by Gasteiger charge is 2.60. The van der Waals surface area contributed by atoms with Crippen molar-refractivity contribution in [2.24, 2.45) is 39.2 Å². The maximum atomic E-state index is 10.7. The Morgan fingerprint density at radius 2 is 1.93 bits per heavy atom. The third-order valence-corrected chi connectivity index (χ3v) is 9.31. The molecule has 0 aromatic heterocycles. The summed E-state index contributed by atoms with van der Waals surface area (Å²) in [5, 5.41) is 18.3. The first-order valence-corrected chi connectivity index (χ1v) is 11.5. The quantitative estimate of drug-likeness (QED) is 0.422. The Kier molecular flexibility index (Phi) is 5.19. The van der Waals surface area contributed by atoms with Crippen molar-refractivity contribution in [2.45, 2.75) is 78.7 Å². The van der Waals surface area contributed by atoms with E-state index in [2.05, 4.69) is 44.2 Å². The number of fused-ring (bicyclic) bond motifs is 5. The summed E-state index contributed by atoms with van der Waals surface area (Å²) in [5.41, 5.74) is 3.22. The fourth-order valence-electron chi connectivity index (χ4n) is 7.63. The van der Waals surface area contributed by atoms with Crippen molar-refractivity contribution in [1.82, 2.24) is 5.32 Å². The average Bonchev–Trinajstić information content (AvgIpc) is 2.95. The van der Waals surface area contributed by atoms with Gasteiger partial charge in [-0.15, -0.1) is 0 Å². The molecule has 0 aromatic carbocycles. The Balaban J connectivity index is 1.61. The zero-order chi connectivity index (χ0) is 20.2. The Morgan fingerprint density at radius 3 is 2.68 bits per heavy atom. The summed E-state index contributed by atoms with van der Waals surface area (Å²) in [4.78, 5) is 5.62. The average molecular weight is 389 g/mol. The Labute approximate surface area is 171 Å². The molecule has 0 saturated heterocycles. The molecule has 3 fully saturated rings. The fourth-order valence-corrected chi connectivity index (χ4v) is 7.63. The first kappa shape index (κ1) is 20.4. The number of nitrogens with zero attached hydrogens (tertiary/aromatic N) is 1. The van der Waals surface area contributed by atoms with E-state index in [-0.39, 0.29) is 22.3 Å². The molecule has 0 amide bonds. The topological polar surface area (TPSA) is 53.8 Å². The highest BCUT2D eigenvalue weighted by Crippen LogP contribution is 2.66. The van der Waals surface area contributed by atoms with Crippen LogP contribution in [0.15, 0.2) is 16.8 Å². The zero-order valence-electron chi connectivity index (χ0n) is 18.6. The van der Waals surface area contributed by atoms with Crippen LogP contribution in [-0.4, -0.2) is 37.1 Å². The molecule has 28 heavy (non-hydrogen) atoms. The number of hydrogen-bond donors (Lipinski definition) is 2. The maximum absolute atomic E-state index is 10.7. The van der Waals surface area contributed by atoms with Crippen LogP contribution < -0.4 is 5.32 Å². The van der Waals surface area contributed by atoms with E-state index in [0.29, 0.717) is 12.5 Å². The van der Waals surface area contributed by atoms with E-state index >= 15 is 0 Å². The minimum absolute atomic E-state index is 0.0203. The SMILES string of the molecule is CNCCO/N=C1/CC[C@@]2(C)C(=CC[C@H]3[C@@H]4CC[C@H](O)[C@@]4(C)CC[C@@H]32)C1(C)C. The molecular weight excluding hydrogens is 348 g/mol. The lowest BCUT2D eigenvalue weighted by molar-refractivity contribution is -0.0670. The van der Waals surface area contributed by atoms with Crippen LogP contribution in [0.3, 0.4) is 0 Å². The van der Waals surface area contributed by atoms with Gasteiger partial charge in [-0.1, -0.05) is 44.5 Å². The van der Waals surface area contributed by atoms with Crippen molar-refractivity contribution in [2.75, 3.05) is 20.2 Å². The van der Waals surface area contributed by atoms with Crippen LogP contribution in [-0.2, 0) is 4.84 Å². The van der Waals surface area contributed by atoms with Gasteiger partial charge in [0.25, 0.3) is 0 Å². The van der Waals surface area contributed by atoms with Crippen LogP contribution in [0.2, 0.25) is 0 Å². The number of aliphatic hydroxyl groups is 1. The molecule has 0 aromatic rings. The summed E-state index contributed by atoms with van der Waals surface area (Å²) in [6.45, 7) is 11.1. The van der Waals surface area contributed by atoms with Gasteiger partial charge in [0, 0.05) is 12.0 Å². The van der Waals surface area contributed by atoms with Crippen molar-refractivity contribution in [3.63, 3.8) is 0 Å². The molecule has 4 heteroatoms. The molecule has 3 saturated carbocycles. The van der Waals surface area contributed by atoms with Crippen LogP contribution in [0, 0.1) is 34.0 Å². The van der Waals surface area contributed by atoms with Crippen molar-refractivity contribution in [3.8, 4) is 0 Å². The monoisotopic (exact) mass is 388 g/mol. The Hall–Kier alpha value is -0.870. The number of likely N-dealkylation sites (N-methyl/N-ethyl adjacent to an activating group) is 1. The summed E-state index contributed by atoms with van der Waals surface area (Å²) in [5.74, 6) is 2.19. The van der Waals surface area contributed by atoms with E-state index in [1.165, 1.54) is 37.8 Å². The molecule has 0 unspecified atom stereocenters. The predicted molar refractivity (Wildman–Crippen MR) is 114 cm³/mol. The van der Waals surface area contributed by atoms with Gasteiger partial charge in [-0.25, -0.2) is 0 Å². The lowest BCUT2D eigenvalue weighted by Crippen LogP contribution is -2.54. The van der Waals surface area contributed by atoms with Crippen molar-refractivity contribution >= 4 is 5.71 Å². The summed E-state index contributed by atoms with van der Waals surface area (Å²) in [6.07, 6.45) is 10.6. The van der Waals surface area contributed by atoms with Crippen LogP contribution in [0.5, 0.6) is 0 Å². The minimum atomic E-state index is -0.0899. The first-order valence-electron chi connectivity index (χ1n) is 11.5. The van der Waals surface area contributed by atoms with Gasteiger partial charge in [0.05, 0.1) is 11.8 Å². The molecule has 0 spiro atoms. The number of allylic oxidation sites excluding steroid dienone is 2. The number of rotatable bonds is 4. The van der Waals surface area contributed by atoms with Gasteiger partial charge >= 0.3 is 0 Å². The molecule has 4 rings (SSSR count). The van der Waals surface area contributed by atoms with Crippen LogP contribution >= 0.6 is 0 Å². The summed E-state index contributed by atoms with van der Waals surface area (Å²) in [6, 6.07) is 0. The fraction of sp³-hybridized carbons (Fsp3) is 0.875. The van der Waals surface area contributed by atoms with Crippen molar-refractivity contribution in [1.29, 1.82) is 0 Å². The van der Waals surface area contributed by atoms with Gasteiger partial charge < -0.3 is 15.3 Å². The lowest BCUT2D eigenvalue weighted by Gasteiger charge is -2.60. The molecule has 2 N–H and O–H groups in total. The number of oxime groups is 1. The molecule has 0 heterocycles. The van der Waals surface area contributed by atoms with E-state index in [4.69, 9.17) is 4.84 Å². The van der Waals surface area contributed by atoms with E-state index in [1.807, 2.05) is 7.05 Å². The number of nitrogens with one attached hydrogen (secondary N) is 1. The van der Waals surface area contributed by atoms with Gasteiger partial charge in [0.2, 0.25) is 0 Å². The first-order chi connectivity index (χ1) is 13.2. The predicted octanol–water partition coefficient (Wildman–Crippen LogP) is 4.54. The summed E-state index contributed by atoms with van der Waals surface area (Å²) >= 11 is 0. The molecule has 158 valence electrons. The Morgan fingerprint density at radius 1 is 1.14 bits per heavy atom. The second-order valence-electron chi connectivity index (χ2n) is 10.9. The van der Waals surface area contributed by atoms with Gasteiger partial charge in [-0.3, -0.25) is 0 Å². The molecule has 4 aliphatic rings. The van der Waals surface area contributed by atoms with Crippen molar-refractivity contribution in [3.05, 3.63) is 11.6 Å². The summed E-state index contributed by atoms with van der Waals surface area (Å²) < 4.78 is 0. The highest BCUT2D eigenvalue weighted by atomic mass is 16.6. The van der Waals surface area contributed by atoms with Gasteiger partial charge in [0.15, 0.2) is 0 Å². The smallest absolute Gasteiger partial charge is 0.129 e. The van der Waals surface area contributed by atoms with E-state index in [0.717, 1.165) is 31.2 Å². The largest absolute Gasteiger partial charge is 0.394 e. The van der Waals surface area contributed by atoms with Gasteiger partial charge in [-0.05, 0) is 80.6 Å². The van der Waals surface area contributed by atoms with Crippen LogP contribution in [0.25, 0.3) is 0 Å².